The summed E-state index contributed by atoms with van der Waals surface area (Å²) in [7, 11) is 0. The van der Waals surface area contributed by atoms with Crippen LogP contribution in [0.4, 0.5) is 0 Å². The summed E-state index contributed by atoms with van der Waals surface area (Å²) in [6.45, 7) is 2.12. The van der Waals surface area contributed by atoms with Crippen molar-refractivity contribution in [2.24, 2.45) is 0 Å². The lowest BCUT2D eigenvalue weighted by atomic mass is 10.1. The van der Waals surface area contributed by atoms with Crippen molar-refractivity contribution in [2.75, 3.05) is 0 Å². The number of imide groups is 1. The smallest absolute Gasteiger partial charge is 0.253 e. The van der Waals surface area contributed by atoms with E-state index in [1.807, 2.05) is 0 Å². The van der Waals surface area contributed by atoms with E-state index in [4.69, 9.17) is 5.21 Å². The van der Waals surface area contributed by atoms with Gasteiger partial charge in [-0.15, -0.1) is 0 Å². The Morgan fingerprint density at radius 2 is 1.92 bits per heavy atom. The summed E-state index contributed by atoms with van der Waals surface area (Å²) >= 11 is 0. The van der Waals surface area contributed by atoms with Gasteiger partial charge in [-0.3, -0.25) is 14.8 Å². The van der Waals surface area contributed by atoms with Crippen LogP contribution < -0.4 is 0 Å². The Morgan fingerprint density at radius 1 is 1.31 bits per heavy atom. The molecule has 0 fully saturated rings. The summed E-state index contributed by atoms with van der Waals surface area (Å²) < 4.78 is 0. The van der Waals surface area contributed by atoms with Gasteiger partial charge in [0.1, 0.15) is 0 Å². The molecule has 0 aromatic heterocycles. The van der Waals surface area contributed by atoms with E-state index in [1.54, 1.807) is 0 Å². The van der Waals surface area contributed by atoms with Gasteiger partial charge in [0.25, 0.3) is 5.91 Å². The van der Waals surface area contributed by atoms with Crippen LogP contribution in [-0.4, -0.2) is 22.6 Å². The fourth-order valence-corrected chi connectivity index (χ4v) is 1.05. The third-order valence-corrected chi connectivity index (χ3v) is 1.85. The fraction of sp³-hybridized carbons (Fsp3) is 0.778. The fourth-order valence-electron chi connectivity index (χ4n) is 1.05. The zero-order valence-electron chi connectivity index (χ0n) is 8.03. The molecule has 4 heteroatoms. The van der Waals surface area contributed by atoms with Crippen molar-refractivity contribution in [3.8, 4) is 0 Å². The quantitative estimate of drug-likeness (QED) is 0.286. The van der Waals surface area contributed by atoms with Crippen LogP contribution in [-0.2, 0) is 9.59 Å². The number of amides is 2. The maximum absolute atomic E-state index is 10.9. The number of carbonyl (C=O) groups excluding carboxylic acids is 2. The second-order valence-electron chi connectivity index (χ2n) is 3.01. The molecular formula is C9H17NO3. The van der Waals surface area contributed by atoms with E-state index in [9.17, 15) is 9.59 Å². The molecule has 0 radical (unpaired) electrons. The molecule has 0 heterocycles. The normalized spacial score (nSPS) is 9.69. The van der Waals surface area contributed by atoms with Gasteiger partial charge in [-0.2, -0.15) is 5.06 Å². The number of hydroxylamine groups is 2. The molecule has 0 rings (SSSR count). The van der Waals surface area contributed by atoms with Crippen LogP contribution in [0.25, 0.3) is 0 Å². The first-order valence-corrected chi connectivity index (χ1v) is 4.68. The zero-order valence-corrected chi connectivity index (χ0v) is 8.03. The topological polar surface area (TPSA) is 57.6 Å². The van der Waals surface area contributed by atoms with Crippen molar-refractivity contribution in [2.45, 2.75) is 45.4 Å². The van der Waals surface area contributed by atoms with E-state index < -0.39 is 5.91 Å². The van der Waals surface area contributed by atoms with Gasteiger partial charge in [0, 0.05) is 6.42 Å². The molecule has 0 saturated heterocycles. The molecule has 1 N–H and O–H groups in total. The molecule has 0 aromatic rings. The zero-order chi connectivity index (χ0) is 10.1. The first kappa shape index (κ1) is 12.1. The molecule has 76 valence electrons. The Bertz CT molecular complexity index is 159. The molecule has 0 saturated carbocycles. The minimum Gasteiger partial charge on any atom is -0.279 e. The Labute approximate surface area is 78.5 Å². The van der Waals surface area contributed by atoms with Crippen LogP contribution in [0.3, 0.4) is 0 Å². The summed E-state index contributed by atoms with van der Waals surface area (Å²) in [5.41, 5.74) is 0. The lowest BCUT2D eigenvalue weighted by Crippen LogP contribution is -2.25. The number of carbonyl (C=O) groups is 2. The first-order valence-electron chi connectivity index (χ1n) is 4.68. The number of hydrogen-bond acceptors (Lipinski definition) is 3. The van der Waals surface area contributed by atoms with Crippen molar-refractivity contribution in [1.29, 1.82) is 0 Å². The second-order valence-corrected chi connectivity index (χ2v) is 3.01. The highest BCUT2D eigenvalue weighted by molar-refractivity contribution is 5.84. The Morgan fingerprint density at radius 3 is 2.46 bits per heavy atom. The highest BCUT2D eigenvalue weighted by Gasteiger charge is 2.07. The predicted octanol–water partition coefficient (Wildman–Crippen LogP) is 1.72. The molecule has 0 spiro atoms. The van der Waals surface area contributed by atoms with Crippen LogP contribution >= 0.6 is 0 Å². The molecule has 2 amide bonds. The van der Waals surface area contributed by atoms with Crippen molar-refractivity contribution in [1.82, 2.24) is 5.06 Å². The minimum absolute atomic E-state index is 0.111. The standard InChI is InChI=1S/C9H17NO3/c1-2-3-4-5-6-7-9(12)10(13)8-11/h8,13H,2-7H2,1H3. The SMILES string of the molecule is CCCCCCCC(=O)N(O)C=O. The maximum Gasteiger partial charge on any atom is 0.253 e. The summed E-state index contributed by atoms with van der Waals surface area (Å²) in [6.07, 6.45) is 5.53. The average Bonchev–Trinajstić information content (AvgIpc) is 2.16. The Balaban J connectivity index is 3.32. The highest BCUT2D eigenvalue weighted by atomic mass is 16.5. The van der Waals surface area contributed by atoms with Gasteiger partial charge in [0.15, 0.2) is 0 Å². The van der Waals surface area contributed by atoms with Crippen molar-refractivity contribution in [3.05, 3.63) is 0 Å². The van der Waals surface area contributed by atoms with Crippen LogP contribution in [0.2, 0.25) is 0 Å². The Kier molecular flexibility index (Phi) is 7.20. The summed E-state index contributed by atoms with van der Waals surface area (Å²) in [4.78, 5) is 20.8. The van der Waals surface area contributed by atoms with E-state index >= 15 is 0 Å². The molecule has 0 unspecified atom stereocenters. The molecule has 13 heavy (non-hydrogen) atoms. The van der Waals surface area contributed by atoms with Gasteiger partial charge in [0.05, 0.1) is 0 Å². The van der Waals surface area contributed by atoms with Gasteiger partial charge in [0.2, 0.25) is 6.41 Å². The van der Waals surface area contributed by atoms with Gasteiger partial charge in [-0.25, -0.2) is 0 Å². The predicted molar refractivity (Wildman–Crippen MR) is 48.1 cm³/mol. The molecule has 0 atom stereocenters. The summed E-state index contributed by atoms with van der Waals surface area (Å²) in [5, 5.41) is 8.76. The number of nitrogens with zero attached hydrogens (tertiary/aromatic N) is 1. The van der Waals surface area contributed by atoms with E-state index in [0.29, 0.717) is 0 Å². The molecule has 0 aromatic carbocycles. The summed E-state index contributed by atoms with van der Waals surface area (Å²) in [6, 6.07) is 0. The first-order chi connectivity index (χ1) is 6.22. The van der Waals surface area contributed by atoms with Crippen LogP contribution in [0.15, 0.2) is 0 Å². The Hall–Kier alpha value is -0.900. The largest absolute Gasteiger partial charge is 0.279 e. The van der Waals surface area contributed by atoms with Gasteiger partial charge < -0.3 is 0 Å². The van der Waals surface area contributed by atoms with Crippen molar-refractivity contribution < 1.29 is 14.8 Å². The van der Waals surface area contributed by atoms with E-state index in [2.05, 4.69) is 6.92 Å². The van der Waals surface area contributed by atoms with Crippen LogP contribution in [0.1, 0.15) is 45.4 Å². The van der Waals surface area contributed by atoms with Gasteiger partial charge >= 0.3 is 0 Å². The van der Waals surface area contributed by atoms with Crippen molar-refractivity contribution in [3.63, 3.8) is 0 Å². The molecule has 0 aliphatic rings. The third-order valence-electron chi connectivity index (χ3n) is 1.85. The highest BCUT2D eigenvalue weighted by Crippen LogP contribution is 2.05. The molecule has 4 nitrogen and oxygen atoms in total. The molecule has 0 bridgehead atoms. The van der Waals surface area contributed by atoms with E-state index in [1.165, 1.54) is 6.42 Å². The minimum atomic E-state index is -0.522. The lowest BCUT2D eigenvalue weighted by molar-refractivity contribution is -0.170. The van der Waals surface area contributed by atoms with Gasteiger partial charge in [-0.05, 0) is 6.42 Å². The van der Waals surface area contributed by atoms with Gasteiger partial charge in [-0.1, -0.05) is 32.6 Å². The number of rotatable bonds is 7. The monoisotopic (exact) mass is 187 g/mol. The van der Waals surface area contributed by atoms with Crippen molar-refractivity contribution >= 4 is 12.3 Å². The summed E-state index contributed by atoms with van der Waals surface area (Å²) in [5.74, 6) is -0.522. The van der Waals surface area contributed by atoms with E-state index in [0.717, 1.165) is 25.7 Å². The molecule has 0 aliphatic carbocycles. The van der Waals surface area contributed by atoms with Crippen LogP contribution in [0, 0.1) is 0 Å². The lowest BCUT2D eigenvalue weighted by Gasteiger charge is -2.05. The maximum atomic E-state index is 10.9. The molecule has 0 aliphatic heterocycles. The average molecular weight is 187 g/mol. The van der Waals surface area contributed by atoms with Crippen LogP contribution in [0.5, 0.6) is 0 Å². The van der Waals surface area contributed by atoms with E-state index in [-0.39, 0.29) is 17.9 Å². The number of unbranched alkanes of at least 4 members (excludes halogenated alkanes) is 4. The number of hydrogen-bond donors (Lipinski definition) is 1. The third kappa shape index (κ3) is 6.28. The molecular weight excluding hydrogens is 170 g/mol. The second kappa shape index (κ2) is 7.73.